The van der Waals surface area contributed by atoms with Crippen molar-refractivity contribution in [3.05, 3.63) is 89.0 Å². The normalized spacial score (nSPS) is 14.9. The number of benzene rings is 3. The predicted molar refractivity (Wildman–Crippen MR) is 117 cm³/mol. The molecule has 5 rings (SSSR count). The molecule has 0 N–H and O–H groups in total. The van der Waals surface area contributed by atoms with E-state index in [2.05, 4.69) is 24.3 Å². The lowest BCUT2D eigenvalue weighted by atomic mass is 9.98. The number of amides is 1. The molecule has 1 heterocycles. The van der Waals surface area contributed by atoms with Crippen molar-refractivity contribution < 1.29 is 14.3 Å². The molecule has 1 aliphatic heterocycles. The first-order valence-corrected chi connectivity index (χ1v) is 10.7. The molecule has 0 radical (unpaired) electrons. The number of halogens is 1. The molecule has 0 fully saturated rings. The van der Waals surface area contributed by atoms with E-state index < -0.39 is 0 Å². The molecule has 0 unspecified atom stereocenters. The average Bonchev–Trinajstić information content (AvgIpc) is 2.94. The molecule has 2 aliphatic rings. The van der Waals surface area contributed by atoms with Crippen LogP contribution in [-0.2, 0) is 17.2 Å². The van der Waals surface area contributed by atoms with E-state index in [1.165, 1.54) is 22.3 Å². The smallest absolute Gasteiger partial charge is 0.410 e. The third-order valence-electron chi connectivity index (χ3n) is 5.94. The Kier molecular flexibility index (Phi) is 5.09. The molecule has 152 valence electrons. The highest BCUT2D eigenvalue weighted by Gasteiger charge is 2.30. The summed E-state index contributed by atoms with van der Waals surface area (Å²) < 4.78 is 11.7. The Labute approximate surface area is 181 Å². The fraction of sp³-hybridized carbons (Fsp3) is 0.240. The standard InChI is InChI=1S/C25H22ClNO3/c26-14-17-6-5-11-24-22(17)15-27(12-13-29-24)25(28)30-16-23-20-9-3-1-7-18(20)19-8-2-4-10-21(19)23/h1-11,23H,12-16H2. The highest BCUT2D eigenvalue weighted by molar-refractivity contribution is 6.17. The van der Waals surface area contributed by atoms with Gasteiger partial charge in [0.15, 0.2) is 0 Å². The van der Waals surface area contributed by atoms with Crippen molar-refractivity contribution in [2.24, 2.45) is 0 Å². The number of carbonyl (C=O) groups is 1. The largest absolute Gasteiger partial charge is 0.491 e. The summed E-state index contributed by atoms with van der Waals surface area (Å²) >= 11 is 6.10. The van der Waals surface area contributed by atoms with Crippen LogP contribution in [-0.4, -0.2) is 30.8 Å². The molecule has 30 heavy (non-hydrogen) atoms. The maximum absolute atomic E-state index is 13.0. The van der Waals surface area contributed by atoms with Gasteiger partial charge in [0.2, 0.25) is 0 Å². The van der Waals surface area contributed by atoms with Crippen molar-refractivity contribution in [2.45, 2.75) is 18.3 Å². The molecule has 3 aromatic rings. The van der Waals surface area contributed by atoms with Crippen molar-refractivity contribution >= 4 is 17.7 Å². The van der Waals surface area contributed by atoms with Crippen LogP contribution in [0.5, 0.6) is 5.75 Å². The summed E-state index contributed by atoms with van der Waals surface area (Å²) in [7, 11) is 0. The molecule has 4 nitrogen and oxygen atoms in total. The van der Waals surface area contributed by atoms with Gasteiger partial charge in [0, 0.05) is 17.4 Å². The van der Waals surface area contributed by atoms with Crippen LogP contribution in [0.25, 0.3) is 11.1 Å². The van der Waals surface area contributed by atoms with Crippen LogP contribution in [0.4, 0.5) is 4.79 Å². The third-order valence-corrected chi connectivity index (χ3v) is 6.22. The molecule has 1 aliphatic carbocycles. The van der Waals surface area contributed by atoms with E-state index in [1.54, 1.807) is 4.90 Å². The molecule has 0 saturated heterocycles. The minimum atomic E-state index is -0.322. The van der Waals surface area contributed by atoms with Crippen molar-refractivity contribution in [3.63, 3.8) is 0 Å². The molecule has 0 spiro atoms. The first-order valence-electron chi connectivity index (χ1n) is 10.2. The predicted octanol–water partition coefficient (Wildman–Crippen LogP) is 5.57. The van der Waals surface area contributed by atoms with E-state index in [4.69, 9.17) is 21.1 Å². The number of nitrogens with zero attached hydrogens (tertiary/aromatic N) is 1. The van der Waals surface area contributed by atoms with Crippen LogP contribution < -0.4 is 4.74 Å². The van der Waals surface area contributed by atoms with Crippen molar-refractivity contribution in [3.8, 4) is 16.9 Å². The molecule has 1 amide bonds. The number of carbonyl (C=O) groups excluding carboxylic acids is 1. The zero-order valence-corrected chi connectivity index (χ0v) is 17.3. The van der Waals surface area contributed by atoms with Gasteiger partial charge in [-0.3, -0.25) is 0 Å². The Morgan fingerprint density at radius 1 is 1.00 bits per heavy atom. The van der Waals surface area contributed by atoms with E-state index in [-0.39, 0.29) is 12.0 Å². The number of ether oxygens (including phenoxy) is 2. The molecule has 0 atom stereocenters. The molecule has 5 heteroatoms. The van der Waals surface area contributed by atoms with E-state index in [0.717, 1.165) is 16.9 Å². The van der Waals surface area contributed by atoms with Gasteiger partial charge >= 0.3 is 6.09 Å². The lowest BCUT2D eigenvalue weighted by Crippen LogP contribution is -2.34. The highest BCUT2D eigenvalue weighted by atomic mass is 35.5. The van der Waals surface area contributed by atoms with Gasteiger partial charge in [0.25, 0.3) is 0 Å². The van der Waals surface area contributed by atoms with E-state index in [9.17, 15) is 4.79 Å². The van der Waals surface area contributed by atoms with Crippen molar-refractivity contribution in [2.75, 3.05) is 19.8 Å². The average molecular weight is 420 g/mol. The van der Waals surface area contributed by atoms with Crippen molar-refractivity contribution in [1.29, 1.82) is 0 Å². The zero-order chi connectivity index (χ0) is 20.5. The van der Waals surface area contributed by atoms with Crippen molar-refractivity contribution in [1.82, 2.24) is 4.90 Å². The first kappa shape index (κ1) is 19.0. The highest BCUT2D eigenvalue weighted by Crippen LogP contribution is 2.44. The SMILES string of the molecule is O=C(OCC1c2ccccc2-c2ccccc21)N1CCOc2cccc(CCl)c2C1. The maximum Gasteiger partial charge on any atom is 0.410 e. The van der Waals surface area contributed by atoms with Gasteiger partial charge in [-0.1, -0.05) is 60.7 Å². The Bertz CT molecular complexity index is 1050. The molecule has 0 aromatic heterocycles. The first-order chi connectivity index (χ1) is 14.8. The van der Waals surface area contributed by atoms with Crippen LogP contribution in [0.15, 0.2) is 66.7 Å². The fourth-order valence-electron chi connectivity index (χ4n) is 4.43. The lowest BCUT2D eigenvalue weighted by Gasteiger charge is -2.22. The fourth-order valence-corrected chi connectivity index (χ4v) is 4.68. The number of hydrogen-bond donors (Lipinski definition) is 0. The molecular formula is C25H22ClNO3. The zero-order valence-electron chi connectivity index (χ0n) is 16.5. The summed E-state index contributed by atoms with van der Waals surface area (Å²) in [6.45, 7) is 1.67. The lowest BCUT2D eigenvalue weighted by molar-refractivity contribution is 0.0947. The van der Waals surface area contributed by atoms with E-state index in [0.29, 0.717) is 32.2 Å². The van der Waals surface area contributed by atoms with Gasteiger partial charge in [0.05, 0.1) is 13.1 Å². The minimum absolute atomic E-state index is 0.0512. The number of rotatable bonds is 3. The quantitative estimate of drug-likeness (QED) is 0.521. The van der Waals surface area contributed by atoms with Crippen LogP contribution in [0, 0.1) is 0 Å². The van der Waals surface area contributed by atoms with Gasteiger partial charge in [0.1, 0.15) is 19.0 Å². The summed E-state index contributed by atoms with van der Waals surface area (Å²) in [5, 5.41) is 0. The molecule has 0 saturated carbocycles. The molecular weight excluding hydrogens is 398 g/mol. The summed E-state index contributed by atoms with van der Waals surface area (Å²) in [6.07, 6.45) is -0.322. The summed E-state index contributed by atoms with van der Waals surface area (Å²) in [5.41, 5.74) is 6.79. The second kappa shape index (κ2) is 8.04. The van der Waals surface area contributed by atoms with Gasteiger partial charge in [-0.05, 0) is 33.9 Å². The number of alkyl halides is 1. The number of hydrogen-bond acceptors (Lipinski definition) is 3. The summed E-state index contributed by atoms with van der Waals surface area (Å²) in [4.78, 5) is 14.7. The third kappa shape index (κ3) is 3.31. The van der Waals surface area contributed by atoms with Crippen LogP contribution in [0.2, 0.25) is 0 Å². The number of fused-ring (bicyclic) bond motifs is 4. The van der Waals surface area contributed by atoms with Crippen LogP contribution >= 0.6 is 11.6 Å². The van der Waals surface area contributed by atoms with Gasteiger partial charge < -0.3 is 14.4 Å². The minimum Gasteiger partial charge on any atom is -0.491 e. The maximum atomic E-state index is 13.0. The Morgan fingerprint density at radius 2 is 1.70 bits per heavy atom. The van der Waals surface area contributed by atoms with E-state index in [1.807, 2.05) is 42.5 Å². The van der Waals surface area contributed by atoms with Gasteiger partial charge in [-0.2, -0.15) is 0 Å². The second-order valence-electron chi connectivity index (χ2n) is 7.60. The second-order valence-corrected chi connectivity index (χ2v) is 7.87. The monoisotopic (exact) mass is 419 g/mol. The summed E-state index contributed by atoms with van der Waals surface area (Å²) in [6, 6.07) is 22.5. The van der Waals surface area contributed by atoms with E-state index >= 15 is 0 Å². The van der Waals surface area contributed by atoms with Crippen LogP contribution in [0.3, 0.4) is 0 Å². The Morgan fingerprint density at radius 3 is 2.40 bits per heavy atom. The van der Waals surface area contributed by atoms with Crippen LogP contribution in [0.1, 0.15) is 28.2 Å². The Balaban J connectivity index is 1.34. The topological polar surface area (TPSA) is 38.8 Å². The molecule has 3 aromatic carbocycles. The van der Waals surface area contributed by atoms with Gasteiger partial charge in [-0.15, -0.1) is 11.6 Å². The Hall–Kier alpha value is -2.98. The van der Waals surface area contributed by atoms with Gasteiger partial charge in [-0.25, -0.2) is 4.79 Å². The summed E-state index contributed by atoms with van der Waals surface area (Å²) in [5.74, 6) is 1.22. The molecule has 0 bridgehead atoms.